The summed E-state index contributed by atoms with van der Waals surface area (Å²) in [6.07, 6.45) is -0.678. The number of esters is 1. The van der Waals surface area contributed by atoms with Gasteiger partial charge in [-0.2, -0.15) is 0 Å². The summed E-state index contributed by atoms with van der Waals surface area (Å²) in [5.74, 6) is -2.71. The molecule has 0 spiro atoms. The highest BCUT2D eigenvalue weighted by Crippen LogP contribution is 2.33. The second kappa shape index (κ2) is 6.88. The molecular weight excluding hydrogens is 374 g/mol. The second-order valence-electron chi connectivity index (χ2n) is 5.90. The van der Waals surface area contributed by atoms with Crippen LogP contribution in [0.3, 0.4) is 0 Å². The molecule has 1 aliphatic heterocycles. The number of cyclic esters (lactones) is 1. The Bertz CT molecular complexity index is 1050. The lowest BCUT2D eigenvalue weighted by atomic mass is 10.0. The first-order chi connectivity index (χ1) is 13.0. The number of thiazole rings is 1. The van der Waals surface area contributed by atoms with Crippen molar-refractivity contribution in [1.29, 1.82) is 0 Å². The largest absolute Gasteiger partial charge is 0.453 e. The summed E-state index contributed by atoms with van der Waals surface area (Å²) >= 11 is 1.16. The van der Waals surface area contributed by atoms with E-state index in [1.54, 1.807) is 29.6 Å². The zero-order valence-corrected chi connectivity index (χ0v) is 14.6. The lowest BCUT2D eigenvalue weighted by Gasteiger charge is -2.09. The normalized spacial score (nSPS) is 15.3. The monoisotopic (exact) mass is 386 g/mol. The number of hydrogen-bond acceptors (Lipinski definition) is 5. The van der Waals surface area contributed by atoms with E-state index in [0.717, 1.165) is 23.5 Å². The lowest BCUT2D eigenvalue weighted by molar-refractivity contribution is -0.118. The highest BCUT2D eigenvalue weighted by atomic mass is 32.1. The van der Waals surface area contributed by atoms with Crippen LogP contribution >= 0.6 is 11.3 Å². The minimum Gasteiger partial charge on any atom is -0.453 e. The van der Waals surface area contributed by atoms with Crippen LogP contribution in [0.25, 0.3) is 11.3 Å². The van der Waals surface area contributed by atoms with Gasteiger partial charge in [-0.3, -0.25) is 4.79 Å². The molecule has 1 aliphatic rings. The van der Waals surface area contributed by atoms with Crippen LogP contribution in [-0.2, 0) is 9.53 Å². The zero-order chi connectivity index (χ0) is 19.0. The molecule has 5 nitrogen and oxygen atoms in total. The molecule has 0 aliphatic carbocycles. The summed E-state index contributed by atoms with van der Waals surface area (Å²) in [6.45, 7) is 0. The molecule has 2 aromatic carbocycles. The number of anilines is 1. The molecule has 0 radical (unpaired) electrons. The van der Waals surface area contributed by atoms with E-state index in [9.17, 15) is 18.4 Å². The summed E-state index contributed by atoms with van der Waals surface area (Å²) in [7, 11) is 0. The third-order valence-corrected chi connectivity index (χ3v) is 4.87. The van der Waals surface area contributed by atoms with E-state index >= 15 is 0 Å². The topological polar surface area (TPSA) is 68.3 Å². The van der Waals surface area contributed by atoms with Crippen molar-refractivity contribution < 1.29 is 23.1 Å². The number of hydrogen-bond donors (Lipinski definition) is 1. The van der Waals surface area contributed by atoms with E-state index in [0.29, 0.717) is 27.5 Å². The number of ether oxygens (including phenoxy) is 1. The van der Waals surface area contributed by atoms with Gasteiger partial charge < -0.3 is 10.1 Å². The van der Waals surface area contributed by atoms with Crippen molar-refractivity contribution in [2.45, 2.75) is 12.5 Å². The third kappa shape index (κ3) is 3.43. The van der Waals surface area contributed by atoms with Crippen LogP contribution in [-0.4, -0.2) is 16.9 Å². The molecule has 8 heteroatoms. The van der Waals surface area contributed by atoms with E-state index in [-0.39, 0.29) is 12.3 Å². The smallest absolute Gasteiger partial charge is 0.339 e. The third-order valence-electron chi connectivity index (χ3n) is 4.11. The second-order valence-corrected chi connectivity index (χ2v) is 6.76. The summed E-state index contributed by atoms with van der Waals surface area (Å²) in [5, 5.41) is 4.59. The molecule has 1 unspecified atom stereocenters. The number of amides is 1. The molecule has 2 heterocycles. The molecule has 27 heavy (non-hydrogen) atoms. The Morgan fingerprint density at radius 3 is 2.81 bits per heavy atom. The van der Waals surface area contributed by atoms with E-state index in [1.807, 2.05) is 0 Å². The van der Waals surface area contributed by atoms with Crippen LogP contribution in [0.5, 0.6) is 0 Å². The van der Waals surface area contributed by atoms with Crippen molar-refractivity contribution >= 4 is 28.3 Å². The fourth-order valence-corrected chi connectivity index (χ4v) is 3.57. The lowest BCUT2D eigenvalue weighted by Crippen LogP contribution is -2.15. The fourth-order valence-electron chi connectivity index (χ4n) is 2.83. The van der Waals surface area contributed by atoms with Gasteiger partial charge in [-0.1, -0.05) is 18.2 Å². The van der Waals surface area contributed by atoms with Gasteiger partial charge in [0, 0.05) is 16.5 Å². The maximum Gasteiger partial charge on any atom is 0.339 e. The number of fused-ring (bicyclic) bond motifs is 1. The number of halogens is 2. The Kier molecular flexibility index (Phi) is 4.41. The summed E-state index contributed by atoms with van der Waals surface area (Å²) < 4.78 is 31.6. The molecule has 1 amide bonds. The maximum absolute atomic E-state index is 13.4. The Balaban J connectivity index is 1.44. The van der Waals surface area contributed by atoms with Crippen LogP contribution in [0, 0.1) is 11.6 Å². The van der Waals surface area contributed by atoms with Gasteiger partial charge in [0.25, 0.3) is 0 Å². The first kappa shape index (κ1) is 17.3. The number of rotatable bonds is 4. The Hall–Kier alpha value is -3.13. The molecule has 136 valence electrons. The van der Waals surface area contributed by atoms with Crippen molar-refractivity contribution in [3.8, 4) is 11.3 Å². The molecule has 4 rings (SSSR count). The van der Waals surface area contributed by atoms with Gasteiger partial charge in [0.05, 0.1) is 17.7 Å². The molecule has 0 saturated heterocycles. The Morgan fingerprint density at radius 1 is 1.19 bits per heavy atom. The predicted molar refractivity (Wildman–Crippen MR) is 95.3 cm³/mol. The Morgan fingerprint density at radius 2 is 2.00 bits per heavy atom. The maximum atomic E-state index is 13.4. The molecular formula is C19H12F2N2O3S. The number of aromatic nitrogens is 1. The SMILES string of the molecule is O=C(CC1OC(=O)c2ccccc21)Nc1nc(-c2ccc(F)c(F)c2)cs1. The number of carbonyl (C=O) groups is 2. The van der Waals surface area contributed by atoms with E-state index < -0.39 is 23.7 Å². The molecule has 0 fully saturated rings. The number of nitrogens with zero attached hydrogens (tertiary/aromatic N) is 1. The predicted octanol–water partition coefficient (Wildman–Crippen LogP) is 4.33. The Labute approximate surface area is 156 Å². The van der Waals surface area contributed by atoms with Crippen molar-refractivity contribution in [1.82, 2.24) is 4.98 Å². The quantitative estimate of drug-likeness (QED) is 0.678. The minimum atomic E-state index is -0.965. The summed E-state index contributed by atoms with van der Waals surface area (Å²) in [6, 6.07) is 10.4. The molecule has 1 atom stereocenters. The highest BCUT2D eigenvalue weighted by Gasteiger charge is 2.32. The molecule has 0 bridgehead atoms. The standard InChI is InChI=1S/C19H12F2N2O3S/c20-13-6-5-10(7-14(13)21)15-9-27-19(22-15)23-17(24)8-16-11-3-1-2-4-12(11)18(25)26-16/h1-7,9,16H,8H2,(H,22,23,24). The molecule has 0 saturated carbocycles. The number of carbonyl (C=O) groups excluding carboxylic acids is 2. The van der Waals surface area contributed by atoms with Crippen molar-refractivity contribution in [2.75, 3.05) is 5.32 Å². The van der Waals surface area contributed by atoms with Gasteiger partial charge in [0.2, 0.25) is 5.91 Å². The van der Waals surface area contributed by atoms with Crippen LogP contribution in [0.2, 0.25) is 0 Å². The van der Waals surface area contributed by atoms with Crippen LogP contribution in [0.15, 0.2) is 47.8 Å². The zero-order valence-electron chi connectivity index (χ0n) is 13.7. The molecule has 3 aromatic rings. The van der Waals surface area contributed by atoms with Gasteiger partial charge in [0.15, 0.2) is 16.8 Å². The van der Waals surface area contributed by atoms with E-state index in [1.165, 1.54) is 6.07 Å². The van der Waals surface area contributed by atoms with Crippen molar-refractivity contribution in [3.63, 3.8) is 0 Å². The van der Waals surface area contributed by atoms with Crippen LogP contribution in [0.1, 0.15) is 28.4 Å². The van der Waals surface area contributed by atoms with Crippen LogP contribution < -0.4 is 5.32 Å². The van der Waals surface area contributed by atoms with Crippen molar-refractivity contribution in [2.24, 2.45) is 0 Å². The number of nitrogens with one attached hydrogen (secondary N) is 1. The van der Waals surface area contributed by atoms with Gasteiger partial charge in [-0.25, -0.2) is 18.6 Å². The first-order valence-corrected chi connectivity index (χ1v) is 8.90. The minimum absolute atomic E-state index is 0.0388. The fraction of sp³-hybridized carbons (Fsp3) is 0.105. The van der Waals surface area contributed by atoms with Gasteiger partial charge in [-0.05, 0) is 24.3 Å². The van der Waals surface area contributed by atoms with E-state index in [2.05, 4.69) is 10.3 Å². The highest BCUT2D eigenvalue weighted by molar-refractivity contribution is 7.14. The number of benzene rings is 2. The van der Waals surface area contributed by atoms with Gasteiger partial charge >= 0.3 is 5.97 Å². The van der Waals surface area contributed by atoms with Crippen molar-refractivity contribution in [3.05, 3.63) is 70.6 Å². The van der Waals surface area contributed by atoms with E-state index in [4.69, 9.17) is 4.74 Å². The van der Waals surface area contributed by atoms with Gasteiger partial charge in [-0.15, -0.1) is 11.3 Å². The molecule has 1 aromatic heterocycles. The summed E-state index contributed by atoms with van der Waals surface area (Å²) in [5.41, 5.74) is 1.97. The van der Waals surface area contributed by atoms with Crippen LogP contribution in [0.4, 0.5) is 13.9 Å². The average Bonchev–Trinajstić information content (AvgIpc) is 3.23. The summed E-state index contributed by atoms with van der Waals surface area (Å²) in [4.78, 5) is 28.3. The average molecular weight is 386 g/mol. The first-order valence-electron chi connectivity index (χ1n) is 8.02. The van der Waals surface area contributed by atoms with Gasteiger partial charge in [0.1, 0.15) is 6.10 Å². The molecule has 1 N–H and O–H groups in total.